The molecule has 2 rings (SSSR count). The maximum absolute atomic E-state index is 12.3. The Bertz CT molecular complexity index is 771. The van der Waals surface area contributed by atoms with Crippen molar-refractivity contribution < 1.29 is 9.59 Å². The zero-order valence-electron chi connectivity index (χ0n) is 16.1. The fourth-order valence-electron chi connectivity index (χ4n) is 2.77. The van der Waals surface area contributed by atoms with Crippen molar-refractivity contribution in [2.45, 2.75) is 19.9 Å². The average Bonchev–Trinajstić information content (AvgIpc) is 2.63. The summed E-state index contributed by atoms with van der Waals surface area (Å²) in [5, 5.41) is 6.84. The molecule has 0 aliphatic rings. The van der Waals surface area contributed by atoms with Crippen molar-refractivity contribution in [2.75, 3.05) is 26.0 Å². The molecule has 2 aromatic rings. The molecule has 2 aromatic carbocycles. The van der Waals surface area contributed by atoms with Gasteiger partial charge in [0.15, 0.2) is 0 Å². The van der Waals surface area contributed by atoms with Crippen LogP contribution in [0.25, 0.3) is 0 Å². The third-order valence-corrected chi connectivity index (χ3v) is 4.45. The highest BCUT2D eigenvalue weighted by Crippen LogP contribution is 2.23. The third kappa shape index (κ3) is 6.08. The number of nitrogens with zero attached hydrogens (tertiary/aromatic N) is 1. The molecule has 0 heterocycles. The standard InChI is InChI=1S/C21H26ClN3O2/c1-14(2)20(15-5-9-17(22)10-6-15)23-13-19(26)24-18-11-7-16(8-12-18)21(27)25(3)4/h5-12,14,20,23H,13H2,1-4H3,(H,24,26)/t20-/m0/s1. The fraction of sp³-hybridized carbons (Fsp3) is 0.333. The van der Waals surface area contributed by atoms with E-state index in [4.69, 9.17) is 11.6 Å². The first-order valence-electron chi connectivity index (χ1n) is 8.88. The van der Waals surface area contributed by atoms with Gasteiger partial charge in [-0.2, -0.15) is 0 Å². The van der Waals surface area contributed by atoms with Gasteiger partial charge in [-0.3, -0.25) is 9.59 Å². The molecule has 0 aromatic heterocycles. The van der Waals surface area contributed by atoms with Gasteiger partial charge in [0, 0.05) is 36.4 Å². The molecule has 1 atom stereocenters. The molecule has 5 nitrogen and oxygen atoms in total. The minimum atomic E-state index is -0.138. The zero-order valence-corrected chi connectivity index (χ0v) is 16.9. The summed E-state index contributed by atoms with van der Waals surface area (Å²) in [6.45, 7) is 4.39. The Morgan fingerprint density at radius 3 is 2.11 bits per heavy atom. The van der Waals surface area contributed by atoms with Crippen LogP contribution < -0.4 is 10.6 Å². The highest BCUT2D eigenvalue weighted by molar-refractivity contribution is 6.30. The Balaban J connectivity index is 1.94. The van der Waals surface area contributed by atoms with Gasteiger partial charge >= 0.3 is 0 Å². The molecule has 0 aliphatic heterocycles. The van der Waals surface area contributed by atoms with Gasteiger partial charge in [-0.05, 0) is 47.9 Å². The van der Waals surface area contributed by atoms with Crippen LogP contribution in [0.15, 0.2) is 48.5 Å². The molecule has 0 aliphatic carbocycles. The van der Waals surface area contributed by atoms with Crippen molar-refractivity contribution in [1.82, 2.24) is 10.2 Å². The fourth-order valence-corrected chi connectivity index (χ4v) is 2.90. The summed E-state index contributed by atoms with van der Waals surface area (Å²) in [6.07, 6.45) is 0. The number of anilines is 1. The molecule has 0 saturated heterocycles. The largest absolute Gasteiger partial charge is 0.345 e. The predicted molar refractivity (Wildman–Crippen MR) is 110 cm³/mol. The van der Waals surface area contributed by atoms with Gasteiger partial charge in [0.25, 0.3) is 5.91 Å². The smallest absolute Gasteiger partial charge is 0.253 e. The first-order chi connectivity index (χ1) is 12.8. The van der Waals surface area contributed by atoms with Gasteiger partial charge in [0.2, 0.25) is 5.91 Å². The molecule has 0 bridgehead atoms. The SMILES string of the molecule is CC(C)[C@H](NCC(=O)Nc1ccc(C(=O)N(C)C)cc1)c1ccc(Cl)cc1. The maximum atomic E-state index is 12.3. The lowest BCUT2D eigenvalue weighted by Gasteiger charge is -2.23. The van der Waals surface area contributed by atoms with Crippen LogP contribution in [-0.4, -0.2) is 37.4 Å². The average molecular weight is 388 g/mol. The monoisotopic (exact) mass is 387 g/mol. The van der Waals surface area contributed by atoms with Gasteiger partial charge < -0.3 is 15.5 Å². The number of rotatable bonds is 7. The lowest BCUT2D eigenvalue weighted by Crippen LogP contribution is -2.33. The summed E-state index contributed by atoms with van der Waals surface area (Å²) in [5.74, 6) is 0.105. The Kier molecular flexibility index (Phi) is 7.39. The van der Waals surface area contributed by atoms with Crippen molar-refractivity contribution in [3.05, 3.63) is 64.7 Å². The van der Waals surface area contributed by atoms with Crippen LogP contribution >= 0.6 is 11.6 Å². The van der Waals surface area contributed by atoms with E-state index in [2.05, 4.69) is 24.5 Å². The Morgan fingerprint density at radius 2 is 1.59 bits per heavy atom. The van der Waals surface area contributed by atoms with Crippen molar-refractivity contribution in [2.24, 2.45) is 5.92 Å². The van der Waals surface area contributed by atoms with E-state index < -0.39 is 0 Å². The molecule has 0 saturated carbocycles. The number of hydrogen-bond donors (Lipinski definition) is 2. The quantitative estimate of drug-likeness (QED) is 0.755. The van der Waals surface area contributed by atoms with E-state index in [0.717, 1.165) is 5.56 Å². The van der Waals surface area contributed by atoms with E-state index in [9.17, 15) is 9.59 Å². The van der Waals surface area contributed by atoms with E-state index in [0.29, 0.717) is 22.2 Å². The minimum Gasteiger partial charge on any atom is -0.345 e. The Morgan fingerprint density at radius 1 is 1.00 bits per heavy atom. The van der Waals surface area contributed by atoms with Crippen molar-refractivity contribution >= 4 is 29.1 Å². The van der Waals surface area contributed by atoms with Crippen molar-refractivity contribution in [3.63, 3.8) is 0 Å². The van der Waals surface area contributed by atoms with Crippen molar-refractivity contribution in [1.29, 1.82) is 0 Å². The van der Waals surface area contributed by atoms with Gasteiger partial charge in [-0.15, -0.1) is 0 Å². The molecule has 6 heteroatoms. The number of carbonyl (C=O) groups excluding carboxylic acids is 2. The van der Waals surface area contributed by atoms with Crippen LogP contribution in [-0.2, 0) is 4.79 Å². The van der Waals surface area contributed by atoms with Crippen LogP contribution in [0.4, 0.5) is 5.69 Å². The normalized spacial score (nSPS) is 11.9. The van der Waals surface area contributed by atoms with Crippen molar-refractivity contribution in [3.8, 4) is 0 Å². The lowest BCUT2D eigenvalue weighted by molar-refractivity contribution is -0.115. The third-order valence-electron chi connectivity index (χ3n) is 4.20. The summed E-state index contributed by atoms with van der Waals surface area (Å²) >= 11 is 5.95. The van der Waals surface area contributed by atoms with Gasteiger partial charge in [0.1, 0.15) is 0 Å². The topological polar surface area (TPSA) is 61.4 Å². The molecular formula is C21H26ClN3O2. The van der Waals surface area contributed by atoms with E-state index in [-0.39, 0.29) is 24.4 Å². The highest BCUT2D eigenvalue weighted by atomic mass is 35.5. The highest BCUT2D eigenvalue weighted by Gasteiger charge is 2.16. The summed E-state index contributed by atoms with van der Waals surface area (Å²) in [5.41, 5.74) is 2.33. The number of benzene rings is 2. The second kappa shape index (κ2) is 9.53. The molecule has 2 amide bonds. The molecule has 144 valence electrons. The van der Waals surface area contributed by atoms with Crippen LogP contribution in [0.3, 0.4) is 0 Å². The number of carbonyl (C=O) groups is 2. The summed E-state index contributed by atoms with van der Waals surface area (Å²) in [6, 6.07) is 14.6. The zero-order chi connectivity index (χ0) is 20.0. The Labute approximate surface area is 165 Å². The van der Waals surface area contributed by atoms with E-state index >= 15 is 0 Å². The molecule has 2 N–H and O–H groups in total. The number of nitrogens with one attached hydrogen (secondary N) is 2. The van der Waals surface area contributed by atoms with E-state index in [1.807, 2.05) is 24.3 Å². The van der Waals surface area contributed by atoms with Gasteiger partial charge in [-0.1, -0.05) is 37.6 Å². The molecule has 0 unspecified atom stereocenters. The molecule has 27 heavy (non-hydrogen) atoms. The van der Waals surface area contributed by atoms with E-state index in [1.165, 1.54) is 4.90 Å². The number of halogens is 1. The first kappa shape index (κ1) is 20.9. The molecular weight excluding hydrogens is 362 g/mol. The molecule has 0 spiro atoms. The summed E-state index contributed by atoms with van der Waals surface area (Å²) < 4.78 is 0. The number of amides is 2. The van der Waals surface area contributed by atoms with Crippen LogP contribution in [0.1, 0.15) is 35.8 Å². The van der Waals surface area contributed by atoms with Crippen LogP contribution in [0.5, 0.6) is 0 Å². The van der Waals surface area contributed by atoms with Gasteiger partial charge in [0.05, 0.1) is 6.54 Å². The van der Waals surface area contributed by atoms with Gasteiger partial charge in [-0.25, -0.2) is 0 Å². The molecule has 0 radical (unpaired) electrons. The second-order valence-electron chi connectivity index (χ2n) is 6.98. The maximum Gasteiger partial charge on any atom is 0.253 e. The summed E-state index contributed by atoms with van der Waals surface area (Å²) in [4.78, 5) is 25.7. The first-order valence-corrected chi connectivity index (χ1v) is 9.26. The lowest BCUT2D eigenvalue weighted by atomic mass is 9.96. The van der Waals surface area contributed by atoms with Crippen LogP contribution in [0, 0.1) is 5.92 Å². The molecule has 0 fully saturated rings. The predicted octanol–water partition coefficient (Wildman–Crippen LogP) is 3.97. The van der Waals surface area contributed by atoms with E-state index in [1.54, 1.807) is 38.4 Å². The number of hydrogen-bond acceptors (Lipinski definition) is 3. The second-order valence-corrected chi connectivity index (χ2v) is 7.42. The Hall–Kier alpha value is -2.37. The minimum absolute atomic E-state index is 0.0492. The summed E-state index contributed by atoms with van der Waals surface area (Å²) in [7, 11) is 3.41. The van der Waals surface area contributed by atoms with Crippen LogP contribution in [0.2, 0.25) is 5.02 Å².